The maximum absolute atomic E-state index is 12.5. The van der Waals surface area contributed by atoms with Crippen molar-refractivity contribution in [2.45, 2.75) is 53.0 Å². The van der Waals surface area contributed by atoms with Crippen LogP contribution in [0.2, 0.25) is 0 Å². The third kappa shape index (κ3) is 4.06. The van der Waals surface area contributed by atoms with Crippen molar-refractivity contribution < 1.29 is 14.7 Å². The maximum atomic E-state index is 12.5. The van der Waals surface area contributed by atoms with Gasteiger partial charge in [0, 0.05) is 18.8 Å². The Balaban J connectivity index is 2.93. The van der Waals surface area contributed by atoms with Gasteiger partial charge in [-0.3, -0.25) is 14.3 Å². The Bertz CT molecular complexity index is 492. The predicted molar refractivity (Wildman–Crippen MR) is 80.4 cm³/mol. The number of carbonyl (C=O) groups excluding carboxylic acids is 1. The van der Waals surface area contributed by atoms with E-state index in [0.717, 1.165) is 18.5 Å². The van der Waals surface area contributed by atoms with Crippen LogP contribution in [0.1, 0.15) is 62.1 Å². The monoisotopic (exact) mass is 295 g/mol. The molecule has 0 radical (unpaired) electrons. The summed E-state index contributed by atoms with van der Waals surface area (Å²) in [5, 5.41) is 13.1. The topological polar surface area (TPSA) is 75.4 Å². The average molecular weight is 295 g/mol. The van der Waals surface area contributed by atoms with Gasteiger partial charge < -0.3 is 10.0 Å². The third-order valence-corrected chi connectivity index (χ3v) is 3.83. The fourth-order valence-electron chi connectivity index (χ4n) is 2.44. The highest BCUT2D eigenvalue weighted by atomic mass is 16.4. The van der Waals surface area contributed by atoms with Gasteiger partial charge in [-0.05, 0) is 26.7 Å². The number of aromatic nitrogens is 2. The molecule has 1 heterocycles. The zero-order valence-corrected chi connectivity index (χ0v) is 13.3. The number of carbonyl (C=O) groups is 2. The van der Waals surface area contributed by atoms with Gasteiger partial charge in [0.05, 0.1) is 24.2 Å². The lowest BCUT2D eigenvalue weighted by molar-refractivity contribution is -0.137. The Morgan fingerprint density at radius 1 is 1.33 bits per heavy atom. The molecule has 0 saturated carbocycles. The van der Waals surface area contributed by atoms with Gasteiger partial charge in [0.25, 0.3) is 5.91 Å². The molecule has 0 aliphatic carbocycles. The first kappa shape index (κ1) is 17.2. The summed E-state index contributed by atoms with van der Waals surface area (Å²) in [6.45, 7) is 8.65. The summed E-state index contributed by atoms with van der Waals surface area (Å²) >= 11 is 0. The van der Waals surface area contributed by atoms with E-state index < -0.39 is 5.97 Å². The second-order valence-corrected chi connectivity index (χ2v) is 5.09. The van der Waals surface area contributed by atoms with Gasteiger partial charge >= 0.3 is 5.97 Å². The first-order valence-corrected chi connectivity index (χ1v) is 7.51. The summed E-state index contributed by atoms with van der Waals surface area (Å²) < 4.78 is 1.90. The van der Waals surface area contributed by atoms with Crippen LogP contribution in [0.3, 0.4) is 0 Å². The van der Waals surface area contributed by atoms with Crippen LogP contribution >= 0.6 is 0 Å². The van der Waals surface area contributed by atoms with Crippen molar-refractivity contribution in [3.63, 3.8) is 0 Å². The van der Waals surface area contributed by atoms with Crippen molar-refractivity contribution in [1.29, 1.82) is 0 Å². The fourth-order valence-corrected chi connectivity index (χ4v) is 2.44. The Labute approximate surface area is 125 Å². The molecule has 1 rings (SSSR count). The highest BCUT2D eigenvalue weighted by molar-refractivity contribution is 5.95. The van der Waals surface area contributed by atoms with Gasteiger partial charge in [0.15, 0.2) is 0 Å². The Kier molecular flexibility index (Phi) is 6.39. The molecule has 0 aliphatic rings. The summed E-state index contributed by atoms with van der Waals surface area (Å²) in [6, 6.07) is 0.292. The van der Waals surface area contributed by atoms with Crippen molar-refractivity contribution in [2.75, 3.05) is 13.1 Å². The molecule has 21 heavy (non-hydrogen) atoms. The number of hydrogen-bond acceptors (Lipinski definition) is 3. The average Bonchev–Trinajstić information content (AvgIpc) is 2.82. The van der Waals surface area contributed by atoms with Crippen LogP contribution in [-0.2, 0) is 4.79 Å². The Hall–Kier alpha value is -1.85. The van der Waals surface area contributed by atoms with Crippen molar-refractivity contribution in [1.82, 2.24) is 14.7 Å². The molecule has 1 N–H and O–H groups in total. The molecule has 0 aromatic carbocycles. The van der Waals surface area contributed by atoms with Crippen LogP contribution in [0.25, 0.3) is 0 Å². The van der Waals surface area contributed by atoms with E-state index in [9.17, 15) is 9.59 Å². The fraction of sp³-hybridized carbons (Fsp3) is 0.667. The van der Waals surface area contributed by atoms with Crippen LogP contribution in [0, 0.1) is 6.92 Å². The van der Waals surface area contributed by atoms with Gasteiger partial charge in [-0.25, -0.2) is 0 Å². The van der Waals surface area contributed by atoms with Gasteiger partial charge in [0.1, 0.15) is 0 Å². The highest BCUT2D eigenvalue weighted by Gasteiger charge is 2.22. The maximum Gasteiger partial charge on any atom is 0.305 e. The van der Waals surface area contributed by atoms with Crippen LogP contribution < -0.4 is 0 Å². The molecule has 0 atom stereocenters. The highest BCUT2D eigenvalue weighted by Crippen LogP contribution is 2.20. The van der Waals surface area contributed by atoms with E-state index in [2.05, 4.69) is 18.9 Å². The SMILES string of the molecule is CCC(CC)n1ncc(C(=O)N(CC)CCC(=O)O)c1C. The van der Waals surface area contributed by atoms with Gasteiger partial charge in [-0.1, -0.05) is 13.8 Å². The molecule has 0 aliphatic heterocycles. The molecule has 0 bridgehead atoms. The quantitative estimate of drug-likeness (QED) is 0.799. The lowest BCUT2D eigenvalue weighted by Gasteiger charge is -2.20. The molecule has 1 aromatic heterocycles. The molecule has 0 unspecified atom stereocenters. The summed E-state index contributed by atoms with van der Waals surface area (Å²) in [5.74, 6) is -1.04. The number of amides is 1. The van der Waals surface area contributed by atoms with E-state index in [-0.39, 0.29) is 18.9 Å². The summed E-state index contributed by atoms with van der Waals surface area (Å²) in [6.07, 6.45) is 3.48. The molecule has 6 nitrogen and oxygen atoms in total. The minimum atomic E-state index is -0.898. The standard InChI is InChI=1S/C15H25N3O3/c1-5-12(6-2)18-11(4)13(10-16-18)15(21)17(7-3)9-8-14(19)20/h10,12H,5-9H2,1-4H3,(H,19,20). The van der Waals surface area contributed by atoms with Crippen LogP contribution in [0.15, 0.2) is 6.20 Å². The molecule has 0 fully saturated rings. The smallest absolute Gasteiger partial charge is 0.305 e. The van der Waals surface area contributed by atoms with Crippen molar-refractivity contribution >= 4 is 11.9 Å². The second kappa shape index (κ2) is 7.81. The normalized spacial score (nSPS) is 10.9. The van der Waals surface area contributed by atoms with Gasteiger partial charge in [-0.2, -0.15) is 5.10 Å². The van der Waals surface area contributed by atoms with E-state index in [1.807, 2.05) is 18.5 Å². The summed E-state index contributed by atoms with van der Waals surface area (Å²) in [4.78, 5) is 24.7. The van der Waals surface area contributed by atoms with Crippen molar-refractivity contribution in [2.24, 2.45) is 0 Å². The summed E-state index contributed by atoms with van der Waals surface area (Å²) in [7, 11) is 0. The number of aliphatic carboxylic acids is 1. The predicted octanol–water partition coefficient (Wildman–Crippen LogP) is 2.49. The Morgan fingerprint density at radius 2 is 1.95 bits per heavy atom. The second-order valence-electron chi connectivity index (χ2n) is 5.09. The number of nitrogens with zero attached hydrogens (tertiary/aromatic N) is 3. The van der Waals surface area contributed by atoms with E-state index in [0.29, 0.717) is 18.2 Å². The van der Waals surface area contributed by atoms with Crippen molar-refractivity contribution in [3.05, 3.63) is 17.5 Å². The lowest BCUT2D eigenvalue weighted by atomic mass is 10.1. The first-order chi connectivity index (χ1) is 9.96. The molecule has 6 heteroatoms. The first-order valence-electron chi connectivity index (χ1n) is 7.51. The number of hydrogen-bond donors (Lipinski definition) is 1. The Morgan fingerprint density at radius 3 is 2.43 bits per heavy atom. The van der Waals surface area contributed by atoms with E-state index >= 15 is 0 Å². The molecule has 0 saturated heterocycles. The van der Waals surface area contributed by atoms with Crippen LogP contribution in [0.4, 0.5) is 0 Å². The van der Waals surface area contributed by atoms with Gasteiger partial charge in [-0.15, -0.1) is 0 Å². The largest absolute Gasteiger partial charge is 0.481 e. The number of rotatable bonds is 8. The molecular weight excluding hydrogens is 270 g/mol. The van der Waals surface area contributed by atoms with Crippen LogP contribution in [0.5, 0.6) is 0 Å². The van der Waals surface area contributed by atoms with Crippen molar-refractivity contribution in [3.8, 4) is 0 Å². The van der Waals surface area contributed by atoms with E-state index in [1.54, 1.807) is 11.1 Å². The molecule has 1 amide bonds. The number of carboxylic acids is 1. The summed E-state index contributed by atoms with van der Waals surface area (Å²) in [5.41, 5.74) is 1.41. The minimum absolute atomic E-state index is 0.0424. The zero-order chi connectivity index (χ0) is 16.0. The third-order valence-electron chi connectivity index (χ3n) is 3.83. The molecular formula is C15H25N3O3. The minimum Gasteiger partial charge on any atom is -0.481 e. The number of carboxylic acid groups (broad SMARTS) is 1. The molecule has 1 aromatic rings. The van der Waals surface area contributed by atoms with E-state index in [4.69, 9.17) is 5.11 Å². The zero-order valence-electron chi connectivity index (χ0n) is 13.3. The lowest BCUT2D eigenvalue weighted by Crippen LogP contribution is -2.33. The van der Waals surface area contributed by atoms with Gasteiger partial charge in [0.2, 0.25) is 0 Å². The molecule has 0 spiro atoms. The van der Waals surface area contributed by atoms with E-state index in [1.165, 1.54) is 0 Å². The molecule has 118 valence electrons. The van der Waals surface area contributed by atoms with Crippen LogP contribution in [-0.4, -0.2) is 44.8 Å².